The quantitative estimate of drug-likeness (QED) is 0.658. The summed E-state index contributed by atoms with van der Waals surface area (Å²) in [5.74, 6) is 0.202. The minimum absolute atomic E-state index is 0.0152. The van der Waals surface area contributed by atoms with Crippen LogP contribution in [0.1, 0.15) is 22.1 Å². The summed E-state index contributed by atoms with van der Waals surface area (Å²) in [7, 11) is 5.54. The van der Waals surface area contributed by atoms with E-state index in [9.17, 15) is 9.18 Å². The maximum atomic E-state index is 13.1. The van der Waals surface area contributed by atoms with Gasteiger partial charge in [-0.05, 0) is 62.1 Å². The Bertz CT molecular complexity index is 938. The smallest absolute Gasteiger partial charge is 0.269 e. The first-order chi connectivity index (χ1) is 13.5. The lowest BCUT2D eigenvalue weighted by molar-refractivity contribution is 0.0937. The predicted molar refractivity (Wildman–Crippen MR) is 106 cm³/mol. The highest BCUT2D eigenvalue weighted by Crippen LogP contribution is 2.22. The number of nitrogens with zero attached hydrogens (tertiary/aromatic N) is 2. The molecule has 0 aliphatic rings. The van der Waals surface area contributed by atoms with Gasteiger partial charge in [0.2, 0.25) is 0 Å². The number of nitrogens with one attached hydrogen (secondary N) is 2. The minimum Gasteiger partial charge on any atom is -0.497 e. The van der Waals surface area contributed by atoms with E-state index in [0.29, 0.717) is 17.9 Å². The largest absolute Gasteiger partial charge is 0.497 e. The van der Waals surface area contributed by atoms with Crippen LogP contribution >= 0.6 is 0 Å². The average molecular weight is 382 g/mol. The van der Waals surface area contributed by atoms with Crippen molar-refractivity contribution < 1.29 is 13.9 Å². The van der Waals surface area contributed by atoms with Gasteiger partial charge in [-0.3, -0.25) is 9.89 Å². The van der Waals surface area contributed by atoms with Crippen LogP contribution in [0.4, 0.5) is 4.39 Å². The third-order valence-corrected chi connectivity index (χ3v) is 4.52. The maximum Gasteiger partial charge on any atom is 0.269 e. The molecule has 6 nitrogen and oxygen atoms in total. The second kappa shape index (κ2) is 8.67. The van der Waals surface area contributed by atoms with E-state index in [-0.39, 0.29) is 17.8 Å². The number of hydrogen-bond acceptors (Lipinski definition) is 4. The molecule has 2 aromatic carbocycles. The van der Waals surface area contributed by atoms with Gasteiger partial charge in [-0.25, -0.2) is 4.39 Å². The summed E-state index contributed by atoms with van der Waals surface area (Å²) >= 11 is 0. The molecule has 0 spiro atoms. The molecule has 1 unspecified atom stereocenters. The summed E-state index contributed by atoms with van der Waals surface area (Å²) in [6.45, 7) is 0.421. The molecule has 3 rings (SSSR count). The molecule has 1 aromatic heterocycles. The highest BCUT2D eigenvalue weighted by molar-refractivity contribution is 5.93. The second-order valence-corrected chi connectivity index (χ2v) is 6.64. The number of ether oxygens (including phenoxy) is 1. The van der Waals surface area contributed by atoms with Gasteiger partial charge < -0.3 is 15.0 Å². The molecule has 3 aromatic rings. The van der Waals surface area contributed by atoms with Crippen molar-refractivity contribution >= 4 is 5.91 Å². The fraction of sp³-hybridized carbons (Fsp3) is 0.238. The zero-order valence-corrected chi connectivity index (χ0v) is 16.1. The summed E-state index contributed by atoms with van der Waals surface area (Å²) in [4.78, 5) is 14.6. The Morgan fingerprint density at radius 3 is 2.64 bits per heavy atom. The molecule has 1 heterocycles. The Hall–Kier alpha value is -3.19. The number of benzene rings is 2. The molecule has 1 amide bonds. The molecule has 0 saturated heterocycles. The summed E-state index contributed by atoms with van der Waals surface area (Å²) in [5.41, 5.74) is 2.71. The van der Waals surface area contributed by atoms with Gasteiger partial charge in [-0.2, -0.15) is 5.10 Å². The fourth-order valence-electron chi connectivity index (χ4n) is 2.94. The van der Waals surface area contributed by atoms with E-state index < -0.39 is 0 Å². The van der Waals surface area contributed by atoms with Crippen molar-refractivity contribution in [1.29, 1.82) is 0 Å². The number of amides is 1. The van der Waals surface area contributed by atoms with E-state index in [0.717, 1.165) is 16.9 Å². The van der Waals surface area contributed by atoms with Crippen LogP contribution in [0.15, 0.2) is 54.6 Å². The van der Waals surface area contributed by atoms with E-state index in [1.165, 1.54) is 12.1 Å². The van der Waals surface area contributed by atoms with E-state index in [2.05, 4.69) is 15.5 Å². The third kappa shape index (κ3) is 4.55. The molecule has 0 bridgehead atoms. The van der Waals surface area contributed by atoms with Crippen LogP contribution in [0.5, 0.6) is 5.75 Å². The lowest BCUT2D eigenvalue weighted by Crippen LogP contribution is -2.34. The van der Waals surface area contributed by atoms with Crippen LogP contribution in [0.3, 0.4) is 0 Å². The monoisotopic (exact) mass is 382 g/mol. The number of aromatic amines is 1. The second-order valence-electron chi connectivity index (χ2n) is 6.64. The third-order valence-electron chi connectivity index (χ3n) is 4.52. The first-order valence-corrected chi connectivity index (χ1v) is 8.88. The normalized spacial score (nSPS) is 12.0. The molecule has 146 valence electrons. The van der Waals surface area contributed by atoms with Gasteiger partial charge in [0.05, 0.1) is 18.8 Å². The summed E-state index contributed by atoms with van der Waals surface area (Å²) in [6, 6.07) is 15.4. The van der Waals surface area contributed by atoms with Gasteiger partial charge in [0.1, 0.15) is 17.3 Å². The van der Waals surface area contributed by atoms with E-state index in [4.69, 9.17) is 4.74 Å². The van der Waals surface area contributed by atoms with Crippen molar-refractivity contribution in [3.63, 3.8) is 0 Å². The van der Waals surface area contributed by atoms with E-state index in [1.54, 1.807) is 25.3 Å². The molecular formula is C21H23FN4O2. The lowest BCUT2D eigenvalue weighted by atomic mass is 10.1. The standard InChI is InChI=1S/C21H23FN4O2/c1-26(2)20(15-5-4-6-17(11-15)28-3)13-23-21(27)19-12-18(24-25-19)14-7-9-16(22)10-8-14/h4-12,20H,13H2,1-3H3,(H,23,27)(H,24,25). The number of rotatable bonds is 7. The molecule has 1 atom stereocenters. The number of methoxy groups -OCH3 is 1. The Balaban J connectivity index is 1.69. The van der Waals surface area contributed by atoms with Crippen LogP contribution < -0.4 is 10.1 Å². The molecule has 0 saturated carbocycles. The molecule has 2 N–H and O–H groups in total. The Kier molecular flexibility index (Phi) is 6.06. The van der Waals surface area contributed by atoms with Gasteiger partial charge >= 0.3 is 0 Å². The van der Waals surface area contributed by atoms with Crippen LogP contribution in [-0.4, -0.2) is 48.8 Å². The Morgan fingerprint density at radius 2 is 1.96 bits per heavy atom. The zero-order valence-electron chi connectivity index (χ0n) is 16.1. The summed E-state index contributed by atoms with van der Waals surface area (Å²) in [5, 5.41) is 9.82. The van der Waals surface area contributed by atoms with Gasteiger partial charge in [0.15, 0.2) is 0 Å². The number of H-pyrrole nitrogens is 1. The van der Waals surface area contributed by atoms with Crippen LogP contribution in [0, 0.1) is 5.82 Å². The van der Waals surface area contributed by atoms with Gasteiger partial charge in [-0.15, -0.1) is 0 Å². The van der Waals surface area contributed by atoms with Crippen molar-refractivity contribution in [2.45, 2.75) is 6.04 Å². The number of likely N-dealkylation sites (N-methyl/N-ethyl adjacent to an activating group) is 1. The number of halogens is 1. The van der Waals surface area contributed by atoms with Crippen LogP contribution in [-0.2, 0) is 0 Å². The lowest BCUT2D eigenvalue weighted by Gasteiger charge is -2.25. The number of aromatic nitrogens is 2. The number of hydrogen-bond donors (Lipinski definition) is 2. The first kappa shape index (κ1) is 19.6. The summed E-state index contributed by atoms with van der Waals surface area (Å²) < 4.78 is 18.3. The van der Waals surface area contributed by atoms with Crippen molar-refractivity contribution in [1.82, 2.24) is 20.4 Å². The summed E-state index contributed by atoms with van der Waals surface area (Å²) in [6.07, 6.45) is 0. The molecule has 0 fully saturated rings. The van der Waals surface area contributed by atoms with Gasteiger partial charge in [-0.1, -0.05) is 12.1 Å². The topological polar surface area (TPSA) is 70.2 Å². The van der Waals surface area contributed by atoms with Crippen LogP contribution in [0.25, 0.3) is 11.3 Å². The van der Waals surface area contributed by atoms with Crippen molar-refractivity contribution in [3.8, 4) is 17.0 Å². The Morgan fingerprint density at radius 1 is 1.21 bits per heavy atom. The predicted octanol–water partition coefficient (Wildman–Crippen LogP) is 3.26. The highest BCUT2D eigenvalue weighted by atomic mass is 19.1. The number of carbonyl (C=O) groups excluding carboxylic acids is 1. The molecular weight excluding hydrogens is 359 g/mol. The van der Waals surface area contributed by atoms with Crippen molar-refractivity contribution in [2.24, 2.45) is 0 Å². The minimum atomic E-state index is -0.315. The van der Waals surface area contributed by atoms with Gasteiger partial charge in [0, 0.05) is 12.1 Å². The maximum absolute atomic E-state index is 13.1. The van der Waals surface area contributed by atoms with E-state index in [1.807, 2.05) is 43.3 Å². The van der Waals surface area contributed by atoms with Crippen molar-refractivity contribution in [2.75, 3.05) is 27.7 Å². The fourth-order valence-corrected chi connectivity index (χ4v) is 2.94. The molecule has 28 heavy (non-hydrogen) atoms. The van der Waals surface area contributed by atoms with Crippen LogP contribution in [0.2, 0.25) is 0 Å². The van der Waals surface area contributed by atoms with Gasteiger partial charge in [0.25, 0.3) is 5.91 Å². The Labute approximate surface area is 163 Å². The average Bonchev–Trinajstić information content (AvgIpc) is 3.19. The molecule has 7 heteroatoms. The highest BCUT2D eigenvalue weighted by Gasteiger charge is 2.18. The van der Waals surface area contributed by atoms with Crippen molar-refractivity contribution in [3.05, 3.63) is 71.7 Å². The molecule has 0 aliphatic heterocycles. The number of carbonyl (C=O) groups is 1. The molecule has 0 aliphatic carbocycles. The SMILES string of the molecule is COc1cccc(C(CNC(=O)c2cc(-c3ccc(F)cc3)n[nH]2)N(C)C)c1. The van der Waals surface area contributed by atoms with E-state index >= 15 is 0 Å². The molecule has 0 radical (unpaired) electrons. The first-order valence-electron chi connectivity index (χ1n) is 8.88. The zero-order chi connectivity index (χ0) is 20.1.